The molecule has 0 unspecified atom stereocenters. The van der Waals surface area contributed by atoms with E-state index in [1.165, 1.54) is 5.56 Å². The summed E-state index contributed by atoms with van der Waals surface area (Å²) < 4.78 is 5.39. The summed E-state index contributed by atoms with van der Waals surface area (Å²) in [5, 5.41) is 9.70. The van der Waals surface area contributed by atoms with E-state index in [9.17, 15) is 9.90 Å². The third kappa shape index (κ3) is 6.92. The number of ether oxygens (including phenoxy) is 1. The lowest BCUT2D eigenvalue weighted by atomic mass is 9.88. The Hall–Kier alpha value is -3.32. The predicted molar refractivity (Wildman–Crippen MR) is 150 cm³/mol. The van der Waals surface area contributed by atoms with Crippen LogP contribution in [-0.4, -0.2) is 39.6 Å². The molecule has 4 rings (SSSR count). The van der Waals surface area contributed by atoms with E-state index in [0.717, 1.165) is 48.1 Å². The highest BCUT2D eigenvalue weighted by atomic mass is 16.5. The lowest BCUT2D eigenvalue weighted by Gasteiger charge is -2.36. The summed E-state index contributed by atoms with van der Waals surface area (Å²) in [7, 11) is 0. The van der Waals surface area contributed by atoms with Gasteiger partial charge in [-0.2, -0.15) is 0 Å². The van der Waals surface area contributed by atoms with Crippen molar-refractivity contribution in [1.82, 2.24) is 4.90 Å². The molecule has 0 fully saturated rings. The molecular formula is C30H42N4O3. The van der Waals surface area contributed by atoms with Gasteiger partial charge in [-0.3, -0.25) is 9.69 Å². The molecule has 0 aliphatic carbocycles. The molecule has 0 saturated carbocycles. The number of rotatable bonds is 7. The fourth-order valence-electron chi connectivity index (χ4n) is 4.82. The van der Waals surface area contributed by atoms with Gasteiger partial charge in [0.2, 0.25) is 5.91 Å². The maximum atomic E-state index is 12.8. The molecule has 0 bridgehead atoms. The minimum absolute atomic E-state index is 0.0376. The molecule has 2 aliphatic rings. The fraction of sp³-hybridized carbons (Fsp3) is 0.467. The van der Waals surface area contributed by atoms with Crippen LogP contribution in [0.3, 0.4) is 0 Å². The Morgan fingerprint density at radius 3 is 2.46 bits per heavy atom. The minimum atomic E-state index is -0.700. The molecule has 0 saturated heterocycles. The number of para-hydroxylation sites is 1. The van der Waals surface area contributed by atoms with Gasteiger partial charge in [0, 0.05) is 12.1 Å². The Bertz CT molecular complexity index is 1150. The summed E-state index contributed by atoms with van der Waals surface area (Å²) >= 11 is 0. The van der Waals surface area contributed by atoms with Gasteiger partial charge >= 0.3 is 0 Å². The molecule has 0 spiro atoms. The number of nitrogens with two attached hydrogens (primary N) is 2. The number of nitrogens with zero attached hydrogens (tertiary/aromatic N) is 2. The van der Waals surface area contributed by atoms with Crippen LogP contribution in [0.25, 0.3) is 5.70 Å². The molecule has 2 aromatic carbocycles. The van der Waals surface area contributed by atoms with Gasteiger partial charge in [-0.1, -0.05) is 64.1 Å². The van der Waals surface area contributed by atoms with Crippen LogP contribution in [0.4, 0.5) is 0 Å². The van der Waals surface area contributed by atoms with Crippen molar-refractivity contribution in [1.29, 1.82) is 0 Å². The summed E-state index contributed by atoms with van der Waals surface area (Å²) in [6.07, 6.45) is 4.69. The molecule has 2 aromatic rings. The number of fused-ring (bicyclic) bond motifs is 1. The van der Waals surface area contributed by atoms with Gasteiger partial charge in [0.1, 0.15) is 12.4 Å². The van der Waals surface area contributed by atoms with E-state index in [1.54, 1.807) is 11.8 Å². The van der Waals surface area contributed by atoms with Crippen molar-refractivity contribution in [2.75, 3.05) is 6.61 Å². The standard InChI is InChI=1S/C20H30N4O.C10H12O2/c1-5-8-15-9-10-16(14(4)21)11-17(15)13-24-18(25)12-20(6-2,7-3)23-19(24)22;1-10(11)6-8-4-2-3-5-9(8)12-7-10/h9-11H,4-8,12-13,21H2,1-3H3,(H2,22,23);2-5,11H,6-7H2,1H3/t;10-/m.0/s1. The lowest BCUT2D eigenvalue weighted by Crippen LogP contribution is -2.50. The SMILES string of the molecule is C=C(N)c1ccc(CCC)c(CN2C(=O)CC(CC)(CC)N=C2N)c1.C[C@@]1(O)COc2ccccc2C1. The van der Waals surface area contributed by atoms with E-state index in [2.05, 4.69) is 38.4 Å². The number of amides is 1. The zero-order valence-electron chi connectivity index (χ0n) is 22.7. The smallest absolute Gasteiger partial charge is 0.232 e. The van der Waals surface area contributed by atoms with E-state index in [4.69, 9.17) is 16.2 Å². The molecule has 0 aromatic heterocycles. The molecule has 7 heteroatoms. The Kier molecular flexibility index (Phi) is 9.02. The predicted octanol–water partition coefficient (Wildman–Crippen LogP) is 4.55. The van der Waals surface area contributed by atoms with Gasteiger partial charge in [0.25, 0.3) is 0 Å². The quantitative estimate of drug-likeness (QED) is 0.510. The molecule has 7 nitrogen and oxygen atoms in total. The van der Waals surface area contributed by atoms with Crippen LogP contribution in [0.5, 0.6) is 5.75 Å². The van der Waals surface area contributed by atoms with Crippen LogP contribution in [0.1, 0.15) is 75.6 Å². The number of aliphatic imine (C=N–C) groups is 1. The average Bonchev–Trinajstić information content (AvgIpc) is 2.86. The molecule has 1 atom stereocenters. The van der Waals surface area contributed by atoms with Crippen LogP contribution < -0.4 is 16.2 Å². The van der Waals surface area contributed by atoms with Gasteiger partial charge in [-0.15, -0.1) is 0 Å². The summed E-state index contributed by atoms with van der Waals surface area (Å²) in [5.41, 5.74) is 15.7. The van der Waals surface area contributed by atoms with Crippen LogP contribution in [0.2, 0.25) is 0 Å². The molecule has 200 valence electrons. The molecule has 37 heavy (non-hydrogen) atoms. The molecule has 2 heterocycles. The van der Waals surface area contributed by atoms with Crippen molar-refractivity contribution in [3.05, 3.63) is 71.3 Å². The van der Waals surface area contributed by atoms with E-state index in [1.807, 2.05) is 36.4 Å². The normalized spacial score (nSPS) is 20.2. The monoisotopic (exact) mass is 506 g/mol. The average molecular weight is 507 g/mol. The second-order valence-corrected chi connectivity index (χ2v) is 10.4. The van der Waals surface area contributed by atoms with Crippen molar-refractivity contribution in [2.24, 2.45) is 16.5 Å². The van der Waals surface area contributed by atoms with Gasteiger partial charge in [-0.05, 0) is 60.6 Å². The Morgan fingerprint density at radius 2 is 1.84 bits per heavy atom. The van der Waals surface area contributed by atoms with Gasteiger partial charge in [0.15, 0.2) is 5.96 Å². The third-order valence-electron chi connectivity index (χ3n) is 7.23. The lowest BCUT2D eigenvalue weighted by molar-refractivity contribution is -0.130. The molecule has 2 aliphatic heterocycles. The van der Waals surface area contributed by atoms with Gasteiger partial charge < -0.3 is 21.3 Å². The first-order valence-electron chi connectivity index (χ1n) is 13.2. The van der Waals surface area contributed by atoms with E-state index in [0.29, 0.717) is 37.6 Å². The molecule has 1 amide bonds. The maximum absolute atomic E-state index is 12.8. The Balaban J connectivity index is 0.000000262. The highest BCUT2D eigenvalue weighted by Crippen LogP contribution is 2.31. The van der Waals surface area contributed by atoms with E-state index >= 15 is 0 Å². The number of hydrogen-bond donors (Lipinski definition) is 3. The number of carbonyl (C=O) groups excluding carboxylic acids is 1. The fourth-order valence-corrected chi connectivity index (χ4v) is 4.82. The van der Waals surface area contributed by atoms with Crippen LogP contribution in [0.15, 0.2) is 54.0 Å². The highest BCUT2D eigenvalue weighted by Gasteiger charge is 2.37. The minimum Gasteiger partial charge on any atom is -0.490 e. The summed E-state index contributed by atoms with van der Waals surface area (Å²) in [4.78, 5) is 19.0. The summed E-state index contributed by atoms with van der Waals surface area (Å²) in [6.45, 7) is 12.7. The van der Waals surface area contributed by atoms with Crippen LogP contribution in [0, 0.1) is 0 Å². The first kappa shape index (κ1) is 28.3. The number of hydrogen-bond acceptors (Lipinski definition) is 6. The summed E-state index contributed by atoms with van der Waals surface area (Å²) in [5.74, 6) is 1.26. The Morgan fingerprint density at radius 1 is 1.14 bits per heavy atom. The number of carbonyl (C=O) groups is 1. The van der Waals surface area contributed by atoms with Crippen molar-refractivity contribution in [2.45, 2.75) is 83.9 Å². The van der Waals surface area contributed by atoms with Crippen molar-refractivity contribution in [3.8, 4) is 5.75 Å². The molecule has 5 N–H and O–H groups in total. The zero-order valence-corrected chi connectivity index (χ0v) is 22.7. The van der Waals surface area contributed by atoms with E-state index < -0.39 is 5.60 Å². The summed E-state index contributed by atoms with van der Waals surface area (Å²) in [6, 6.07) is 13.9. The van der Waals surface area contributed by atoms with Crippen molar-refractivity contribution < 1.29 is 14.6 Å². The molecular weight excluding hydrogens is 464 g/mol. The largest absolute Gasteiger partial charge is 0.490 e. The second-order valence-electron chi connectivity index (χ2n) is 10.4. The molecule has 0 radical (unpaired) electrons. The highest BCUT2D eigenvalue weighted by molar-refractivity contribution is 5.99. The Labute approximate surface area is 221 Å². The topological polar surface area (TPSA) is 114 Å². The number of aliphatic hydroxyl groups is 1. The number of guanidine groups is 1. The first-order chi connectivity index (χ1) is 17.5. The number of aryl methyl sites for hydroxylation is 1. The zero-order chi connectivity index (χ0) is 27.2. The van der Waals surface area contributed by atoms with Gasteiger partial charge in [0.05, 0.1) is 24.1 Å². The van der Waals surface area contributed by atoms with Crippen molar-refractivity contribution >= 4 is 17.6 Å². The maximum Gasteiger partial charge on any atom is 0.232 e. The third-order valence-corrected chi connectivity index (χ3v) is 7.23. The first-order valence-corrected chi connectivity index (χ1v) is 13.2. The van der Waals surface area contributed by atoms with Gasteiger partial charge in [-0.25, -0.2) is 4.99 Å². The van der Waals surface area contributed by atoms with Crippen molar-refractivity contribution in [3.63, 3.8) is 0 Å². The van der Waals surface area contributed by atoms with E-state index in [-0.39, 0.29) is 11.4 Å². The van der Waals surface area contributed by atoms with Crippen LogP contribution >= 0.6 is 0 Å². The second kappa shape index (κ2) is 11.8. The van der Waals surface area contributed by atoms with Crippen LogP contribution in [-0.2, 0) is 24.2 Å². The number of benzene rings is 2.